The summed E-state index contributed by atoms with van der Waals surface area (Å²) < 4.78 is 40.3. The number of fused-ring (bicyclic) bond motifs is 1. The maximum atomic E-state index is 13.4. The topological polar surface area (TPSA) is 88.1 Å². The molecule has 0 spiro atoms. The highest BCUT2D eigenvalue weighted by Gasteiger charge is 2.35. The lowest BCUT2D eigenvalue weighted by molar-refractivity contribution is -0.358. The van der Waals surface area contributed by atoms with Crippen LogP contribution < -0.4 is 15.6 Å². The van der Waals surface area contributed by atoms with Gasteiger partial charge in [0, 0.05) is 22.5 Å². The average Bonchev–Trinajstić information content (AvgIpc) is 3.60. The van der Waals surface area contributed by atoms with E-state index in [9.17, 15) is 22.8 Å². The van der Waals surface area contributed by atoms with Gasteiger partial charge < -0.3 is 10.6 Å². The number of imidazole rings is 1. The van der Waals surface area contributed by atoms with Gasteiger partial charge in [-0.1, -0.05) is 29.8 Å². The number of benzene rings is 3. The molecule has 184 valence electrons. The van der Waals surface area contributed by atoms with Crippen LogP contribution in [0.25, 0.3) is 11.0 Å². The Labute approximate surface area is 208 Å². The Morgan fingerprint density at radius 3 is 2.44 bits per heavy atom. The number of carbonyl (C=O) groups excluding carboxylic acids is 2. The van der Waals surface area contributed by atoms with Crippen LogP contribution in [0.4, 0.5) is 24.5 Å². The number of halogens is 4. The van der Waals surface area contributed by atoms with Gasteiger partial charge >= 0.3 is 6.18 Å². The first-order valence-corrected chi connectivity index (χ1v) is 11.6. The number of alkyl halides is 3. The van der Waals surface area contributed by atoms with Crippen LogP contribution in [0, 0.1) is 6.92 Å². The predicted octanol–water partition coefficient (Wildman–Crippen LogP) is 6.34. The summed E-state index contributed by atoms with van der Waals surface area (Å²) in [5.74, 6) is -0.226. The van der Waals surface area contributed by atoms with Crippen molar-refractivity contribution < 1.29 is 27.7 Å². The summed E-state index contributed by atoms with van der Waals surface area (Å²) in [6.07, 6.45) is -2.68. The smallest absolute Gasteiger partial charge is 0.322 e. The van der Waals surface area contributed by atoms with Crippen molar-refractivity contribution in [2.45, 2.75) is 31.9 Å². The summed E-state index contributed by atoms with van der Waals surface area (Å²) in [4.78, 5) is 32.7. The number of carbonyl (C=O) groups is 2. The van der Waals surface area contributed by atoms with Crippen molar-refractivity contribution in [3.05, 3.63) is 87.7 Å². The summed E-state index contributed by atoms with van der Waals surface area (Å²) >= 11 is 6.18. The van der Waals surface area contributed by atoms with Gasteiger partial charge in [-0.2, -0.15) is 13.2 Å². The van der Waals surface area contributed by atoms with Gasteiger partial charge in [-0.3, -0.25) is 9.59 Å². The van der Waals surface area contributed by atoms with E-state index in [1.165, 1.54) is 18.2 Å². The van der Waals surface area contributed by atoms with E-state index >= 15 is 0 Å². The molecule has 0 unspecified atom stereocenters. The molecule has 0 aliphatic heterocycles. The first-order chi connectivity index (χ1) is 17.1. The van der Waals surface area contributed by atoms with Crippen molar-refractivity contribution >= 4 is 45.8 Å². The van der Waals surface area contributed by atoms with Crippen LogP contribution in [0.15, 0.2) is 54.6 Å². The number of aromatic nitrogens is 2. The Balaban J connectivity index is 1.53. The van der Waals surface area contributed by atoms with Gasteiger partial charge in [0.2, 0.25) is 0 Å². The Bertz CT molecular complexity index is 1510. The van der Waals surface area contributed by atoms with Gasteiger partial charge in [-0.15, -0.1) is 0 Å². The van der Waals surface area contributed by atoms with Crippen molar-refractivity contribution in [2.75, 3.05) is 10.6 Å². The fourth-order valence-corrected chi connectivity index (χ4v) is 4.25. The van der Waals surface area contributed by atoms with Crippen molar-refractivity contribution in [1.29, 1.82) is 0 Å². The highest BCUT2D eigenvalue weighted by atomic mass is 35.5. The summed E-state index contributed by atoms with van der Waals surface area (Å²) in [6.45, 7) is 1.77. The van der Waals surface area contributed by atoms with Crippen LogP contribution in [-0.4, -0.2) is 16.8 Å². The minimum absolute atomic E-state index is 0.176. The standard InChI is InChI=1S/C26H20ClF3N4O2/c1-13-19(27)7-4-8-20(13)33-25(36)17-11-15(12-21-22(17)34-23(32-21)14-9-10-14)31-24(35)16-5-2-3-6-18(16)26(28,29)30/h2-8,11-12,14H,9-10H2,1H3,(H,31,35)(H,32,34)(H,33,36)/p+1. The molecule has 1 aromatic heterocycles. The Morgan fingerprint density at radius 2 is 1.72 bits per heavy atom. The minimum atomic E-state index is -4.69. The first-order valence-electron chi connectivity index (χ1n) is 11.2. The van der Waals surface area contributed by atoms with E-state index in [1.807, 2.05) is 0 Å². The number of anilines is 2. The molecule has 1 aliphatic carbocycles. The Morgan fingerprint density at radius 1 is 1.00 bits per heavy atom. The molecule has 6 nitrogen and oxygen atoms in total. The first kappa shape index (κ1) is 23.9. The highest BCUT2D eigenvalue weighted by molar-refractivity contribution is 6.31. The molecule has 1 heterocycles. The van der Waals surface area contributed by atoms with E-state index < -0.39 is 29.1 Å². The summed E-state index contributed by atoms with van der Waals surface area (Å²) in [5.41, 5.74) is 1.13. The van der Waals surface area contributed by atoms with Gasteiger partial charge in [0.25, 0.3) is 17.6 Å². The third-order valence-corrected chi connectivity index (χ3v) is 6.56. The van der Waals surface area contributed by atoms with Crippen LogP contribution in [-0.2, 0) is 6.18 Å². The van der Waals surface area contributed by atoms with Crippen LogP contribution in [0.3, 0.4) is 0 Å². The third-order valence-electron chi connectivity index (χ3n) is 6.15. The lowest BCUT2D eigenvalue weighted by atomic mass is 10.1. The van der Waals surface area contributed by atoms with Crippen molar-refractivity contribution in [1.82, 2.24) is 4.98 Å². The number of rotatable bonds is 5. The molecule has 36 heavy (non-hydrogen) atoms. The molecule has 1 fully saturated rings. The molecule has 10 heteroatoms. The lowest BCUT2D eigenvalue weighted by Gasteiger charge is -2.13. The van der Waals surface area contributed by atoms with E-state index in [4.69, 9.17) is 11.6 Å². The molecule has 0 radical (unpaired) electrons. The molecular formula is C26H21ClF3N4O2+. The van der Waals surface area contributed by atoms with E-state index in [0.29, 0.717) is 33.2 Å². The molecule has 0 saturated heterocycles. The summed E-state index contributed by atoms with van der Waals surface area (Å²) in [5, 5.41) is 5.85. The van der Waals surface area contributed by atoms with Crippen molar-refractivity contribution in [2.24, 2.45) is 0 Å². The fourth-order valence-electron chi connectivity index (χ4n) is 4.07. The second-order valence-corrected chi connectivity index (χ2v) is 9.16. The maximum Gasteiger partial charge on any atom is 0.417 e. The second kappa shape index (κ2) is 8.98. The third kappa shape index (κ3) is 4.66. The summed E-state index contributed by atoms with van der Waals surface area (Å²) in [6, 6.07) is 12.7. The average molecular weight is 514 g/mol. The quantitative estimate of drug-likeness (QED) is 0.290. The molecule has 3 aromatic carbocycles. The molecular weight excluding hydrogens is 493 g/mol. The number of nitrogens with one attached hydrogen (secondary N) is 4. The van der Waals surface area contributed by atoms with E-state index in [2.05, 4.69) is 20.6 Å². The van der Waals surface area contributed by atoms with Crippen LogP contribution in [0.2, 0.25) is 5.02 Å². The van der Waals surface area contributed by atoms with Crippen LogP contribution in [0.5, 0.6) is 0 Å². The van der Waals surface area contributed by atoms with Gasteiger partial charge in [0.15, 0.2) is 11.0 Å². The Kier molecular flexibility index (Phi) is 5.96. The van der Waals surface area contributed by atoms with Gasteiger partial charge in [0.1, 0.15) is 0 Å². The molecule has 5 rings (SSSR count). The van der Waals surface area contributed by atoms with E-state index in [-0.39, 0.29) is 11.3 Å². The monoisotopic (exact) mass is 513 g/mol. The lowest BCUT2D eigenvalue weighted by Crippen LogP contribution is -2.20. The predicted molar refractivity (Wildman–Crippen MR) is 130 cm³/mol. The van der Waals surface area contributed by atoms with Crippen LogP contribution >= 0.6 is 11.6 Å². The zero-order valence-electron chi connectivity index (χ0n) is 19.0. The molecule has 0 atom stereocenters. The molecule has 1 aliphatic rings. The molecule has 0 bridgehead atoms. The van der Waals surface area contributed by atoms with E-state index in [0.717, 1.165) is 30.8 Å². The number of hydrogen-bond acceptors (Lipinski definition) is 2. The molecule has 2 amide bonds. The molecule has 4 aromatic rings. The Hall–Kier alpha value is -3.85. The van der Waals surface area contributed by atoms with Gasteiger partial charge in [-0.25, -0.2) is 9.97 Å². The maximum absolute atomic E-state index is 13.4. The number of hydrogen-bond donors (Lipinski definition) is 3. The normalized spacial score (nSPS) is 13.6. The number of aromatic amines is 2. The number of H-pyrrole nitrogens is 2. The zero-order valence-corrected chi connectivity index (χ0v) is 19.8. The fraction of sp³-hybridized carbons (Fsp3) is 0.192. The highest BCUT2D eigenvalue weighted by Crippen LogP contribution is 2.38. The van der Waals surface area contributed by atoms with Gasteiger partial charge in [0.05, 0.1) is 22.6 Å². The number of amides is 2. The second-order valence-electron chi connectivity index (χ2n) is 8.75. The van der Waals surface area contributed by atoms with E-state index in [1.54, 1.807) is 31.2 Å². The largest absolute Gasteiger partial charge is 0.417 e. The molecule has 1 saturated carbocycles. The van der Waals surface area contributed by atoms with Crippen LogP contribution in [0.1, 0.15) is 56.4 Å². The summed E-state index contributed by atoms with van der Waals surface area (Å²) in [7, 11) is 0. The molecule has 4 N–H and O–H groups in total. The van der Waals surface area contributed by atoms with Crippen molar-refractivity contribution in [3.63, 3.8) is 0 Å². The zero-order chi connectivity index (χ0) is 25.6. The van der Waals surface area contributed by atoms with Gasteiger partial charge in [-0.05, 0) is 55.7 Å². The SMILES string of the molecule is Cc1c(Cl)cccc1NC(=O)c1cc(NC(=O)c2ccccc2C(F)(F)F)cc2[nH]c(C3CC3)[nH+]c12. The van der Waals surface area contributed by atoms with Crippen molar-refractivity contribution in [3.8, 4) is 0 Å². The minimum Gasteiger partial charge on any atom is -0.322 e.